The van der Waals surface area contributed by atoms with E-state index in [4.69, 9.17) is 8.83 Å². The molecule has 0 radical (unpaired) electrons. The molecule has 1 amide bonds. The summed E-state index contributed by atoms with van der Waals surface area (Å²) < 4.78 is 10.3. The molecule has 2 rings (SSSR count). The Morgan fingerprint density at radius 2 is 2.25 bits per heavy atom. The maximum absolute atomic E-state index is 11.3. The summed E-state index contributed by atoms with van der Waals surface area (Å²) in [7, 11) is 0. The number of hydrogen-bond donors (Lipinski definition) is 1. The quantitative estimate of drug-likeness (QED) is 0.856. The molecule has 0 aromatic carbocycles. The van der Waals surface area contributed by atoms with Gasteiger partial charge in [0, 0.05) is 5.92 Å². The van der Waals surface area contributed by atoms with Crippen LogP contribution in [0.2, 0.25) is 0 Å². The van der Waals surface area contributed by atoms with Gasteiger partial charge in [-0.15, -0.1) is 5.10 Å². The van der Waals surface area contributed by atoms with Crippen molar-refractivity contribution in [3.63, 3.8) is 0 Å². The van der Waals surface area contributed by atoms with E-state index < -0.39 is 0 Å². The van der Waals surface area contributed by atoms with E-state index >= 15 is 0 Å². The largest absolute Gasteiger partial charge is 0.459 e. The summed E-state index contributed by atoms with van der Waals surface area (Å²) in [5.41, 5.74) is 0. The molecule has 2 aromatic heterocycles. The molecule has 0 aliphatic rings. The highest BCUT2D eigenvalue weighted by molar-refractivity contribution is 5.90. The fourth-order valence-corrected chi connectivity index (χ4v) is 1.02. The minimum Gasteiger partial charge on any atom is -0.459 e. The first-order valence-corrected chi connectivity index (χ1v) is 4.85. The Morgan fingerprint density at radius 1 is 1.44 bits per heavy atom. The fourth-order valence-electron chi connectivity index (χ4n) is 1.02. The molecule has 0 bridgehead atoms. The second-order valence-corrected chi connectivity index (χ2v) is 3.53. The van der Waals surface area contributed by atoms with Gasteiger partial charge in [-0.05, 0) is 12.1 Å². The van der Waals surface area contributed by atoms with Crippen molar-refractivity contribution < 1.29 is 13.6 Å². The van der Waals surface area contributed by atoms with Crippen LogP contribution in [-0.4, -0.2) is 16.1 Å². The van der Waals surface area contributed by atoms with Crippen LogP contribution in [0.3, 0.4) is 0 Å². The summed E-state index contributed by atoms with van der Waals surface area (Å²) in [5, 5.41) is 9.93. The van der Waals surface area contributed by atoms with Crippen LogP contribution in [0.5, 0.6) is 0 Å². The Morgan fingerprint density at radius 3 is 2.88 bits per heavy atom. The molecule has 0 fully saturated rings. The van der Waals surface area contributed by atoms with Crippen molar-refractivity contribution in [3.05, 3.63) is 18.4 Å². The molecule has 0 aliphatic carbocycles. The molecular formula is C10H11N3O3. The molecule has 0 aliphatic heterocycles. The van der Waals surface area contributed by atoms with E-state index in [1.54, 1.807) is 26.0 Å². The van der Waals surface area contributed by atoms with Crippen LogP contribution in [0, 0.1) is 5.92 Å². The zero-order valence-corrected chi connectivity index (χ0v) is 8.93. The smallest absolute Gasteiger partial charge is 0.322 e. The lowest BCUT2D eigenvalue weighted by Gasteiger charge is -2.01. The zero-order valence-electron chi connectivity index (χ0n) is 8.93. The second-order valence-electron chi connectivity index (χ2n) is 3.53. The first-order chi connectivity index (χ1) is 7.66. The molecule has 1 N–H and O–H groups in total. The number of rotatable bonds is 3. The lowest BCUT2D eigenvalue weighted by Crippen LogP contribution is -2.17. The number of furan rings is 1. The van der Waals surface area contributed by atoms with Gasteiger partial charge in [0.25, 0.3) is 5.89 Å². The lowest BCUT2D eigenvalue weighted by atomic mass is 10.2. The highest BCUT2D eigenvalue weighted by Crippen LogP contribution is 2.19. The average Bonchev–Trinajstić information content (AvgIpc) is 2.85. The highest BCUT2D eigenvalue weighted by Gasteiger charge is 2.14. The van der Waals surface area contributed by atoms with E-state index in [9.17, 15) is 4.79 Å². The highest BCUT2D eigenvalue weighted by atomic mass is 16.4. The van der Waals surface area contributed by atoms with Crippen molar-refractivity contribution in [1.82, 2.24) is 10.2 Å². The summed E-state index contributed by atoms with van der Waals surface area (Å²) in [6.45, 7) is 3.55. The van der Waals surface area contributed by atoms with Crippen molar-refractivity contribution in [1.29, 1.82) is 0 Å². The Balaban J connectivity index is 2.11. The first kappa shape index (κ1) is 10.4. The molecule has 0 atom stereocenters. The lowest BCUT2D eigenvalue weighted by molar-refractivity contribution is -0.119. The first-order valence-electron chi connectivity index (χ1n) is 4.85. The van der Waals surface area contributed by atoms with E-state index in [2.05, 4.69) is 15.5 Å². The van der Waals surface area contributed by atoms with Gasteiger partial charge >= 0.3 is 6.01 Å². The van der Waals surface area contributed by atoms with Crippen molar-refractivity contribution in [2.75, 3.05) is 5.32 Å². The summed E-state index contributed by atoms with van der Waals surface area (Å²) in [4.78, 5) is 11.3. The van der Waals surface area contributed by atoms with Crippen molar-refractivity contribution in [3.8, 4) is 11.7 Å². The van der Waals surface area contributed by atoms with Crippen LogP contribution in [0.15, 0.2) is 27.2 Å². The predicted molar refractivity (Wildman–Crippen MR) is 55.5 cm³/mol. The van der Waals surface area contributed by atoms with Crippen LogP contribution in [-0.2, 0) is 4.79 Å². The van der Waals surface area contributed by atoms with Gasteiger partial charge in [0.05, 0.1) is 6.26 Å². The van der Waals surface area contributed by atoms with Gasteiger partial charge in [0.1, 0.15) is 0 Å². The van der Waals surface area contributed by atoms with E-state index in [0.29, 0.717) is 5.76 Å². The number of nitrogens with zero attached hydrogens (tertiary/aromatic N) is 2. The second kappa shape index (κ2) is 4.18. The number of carbonyl (C=O) groups excluding carboxylic acids is 1. The van der Waals surface area contributed by atoms with Crippen molar-refractivity contribution in [2.45, 2.75) is 13.8 Å². The number of carbonyl (C=O) groups is 1. The standard InChI is InChI=1S/C10H11N3O3/c1-6(2)8(14)11-10-13-12-9(16-10)7-4-3-5-15-7/h3-6H,1-2H3,(H,11,13,14). The molecule has 0 spiro atoms. The summed E-state index contributed by atoms with van der Waals surface area (Å²) in [5.74, 6) is 0.398. The molecule has 6 nitrogen and oxygen atoms in total. The molecule has 0 saturated carbocycles. The van der Waals surface area contributed by atoms with Gasteiger partial charge in [-0.25, -0.2) is 0 Å². The Kier molecular flexibility index (Phi) is 2.72. The van der Waals surface area contributed by atoms with E-state index in [1.807, 2.05) is 0 Å². The van der Waals surface area contributed by atoms with Gasteiger partial charge in [-0.1, -0.05) is 18.9 Å². The molecule has 16 heavy (non-hydrogen) atoms. The SMILES string of the molecule is CC(C)C(=O)Nc1nnc(-c2ccco2)o1. The topological polar surface area (TPSA) is 81.2 Å². The summed E-state index contributed by atoms with van der Waals surface area (Å²) in [6, 6.07) is 3.48. The number of hydrogen-bond acceptors (Lipinski definition) is 5. The van der Waals surface area contributed by atoms with Gasteiger partial charge in [0.2, 0.25) is 5.91 Å². The number of aromatic nitrogens is 2. The average molecular weight is 221 g/mol. The van der Waals surface area contributed by atoms with E-state index in [-0.39, 0.29) is 23.7 Å². The van der Waals surface area contributed by atoms with Crippen LogP contribution in [0.25, 0.3) is 11.7 Å². The monoisotopic (exact) mass is 221 g/mol. The fraction of sp³-hybridized carbons (Fsp3) is 0.300. The van der Waals surface area contributed by atoms with Crippen LogP contribution < -0.4 is 5.32 Å². The minimum atomic E-state index is -0.172. The summed E-state index contributed by atoms with van der Waals surface area (Å²) in [6.07, 6.45) is 1.51. The van der Waals surface area contributed by atoms with Crippen LogP contribution in [0.4, 0.5) is 6.01 Å². The molecule has 0 saturated heterocycles. The van der Waals surface area contributed by atoms with E-state index in [1.165, 1.54) is 6.26 Å². The molecular weight excluding hydrogens is 210 g/mol. The molecule has 84 valence electrons. The number of amides is 1. The molecule has 6 heteroatoms. The van der Waals surface area contributed by atoms with Crippen LogP contribution >= 0.6 is 0 Å². The van der Waals surface area contributed by atoms with Crippen molar-refractivity contribution >= 4 is 11.9 Å². The van der Waals surface area contributed by atoms with E-state index in [0.717, 1.165) is 0 Å². The number of anilines is 1. The predicted octanol–water partition coefficient (Wildman–Crippen LogP) is 1.92. The normalized spacial score (nSPS) is 10.7. The maximum Gasteiger partial charge on any atom is 0.322 e. The van der Waals surface area contributed by atoms with Gasteiger partial charge in [-0.2, -0.15) is 0 Å². The minimum absolute atomic E-state index is 0.0742. The van der Waals surface area contributed by atoms with Gasteiger partial charge in [0.15, 0.2) is 5.76 Å². The molecule has 2 heterocycles. The Labute approximate surface area is 91.7 Å². The summed E-state index contributed by atoms with van der Waals surface area (Å²) >= 11 is 0. The third kappa shape index (κ3) is 2.10. The third-order valence-corrected chi connectivity index (χ3v) is 1.91. The van der Waals surface area contributed by atoms with Crippen LogP contribution in [0.1, 0.15) is 13.8 Å². The number of nitrogens with one attached hydrogen (secondary N) is 1. The van der Waals surface area contributed by atoms with Crippen molar-refractivity contribution in [2.24, 2.45) is 5.92 Å². The molecule has 2 aromatic rings. The molecule has 0 unspecified atom stereocenters. The Bertz CT molecular complexity index is 473. The third-order valence-electron chi connectivity index (χ3n) is 1.91. The van der Waals surface area contributed by atoms with Gasteiger partial charge < -0.3 is 8.83 Å². The maximum atomic E-state index is 11.3. The Hall–Kier alpha value is -2.11. The zero-order chi connectivity index (χ0) is 11.5. The van der Waals surface area contributed by atoms with Gasteiger partial charge in [-0.3, -0.25) is 10.1 Å².